The van der Waals surface area contributed by atoms with Crippen molar-refractivity contribution in [1.82, 2.24) is 4.98 Å². The number of carbonyl (C=O) groups excluding carboxylic acids is 2. The minimum atomic E-state index is -4.73. The number of hydrogen-bond donors (Lipinski definition) is 0. The molecule has 6 nitrogen and oxygen atoms in total. The molecule has 0 bridgehead atoms. The van der Waals surface area contributed by atoms with E-state index < -0.39 is 20.9 Å². The van der Waals surface area contributed by atoms with E-state index in [1.807, 2.05) is 0 Å². The smallest absolute Gasteiger partial charge is 0.744 e. The number of ketones is 2. The fraction of sp³-hybridized carbons (Fsp3) is 0.0556. The number of hydrogen-bond acceptors (Lipinski definition) is 6. The van der Waals surface area contributed by atoms with Gasteiger partial charge in [0, 0.05) is 16.5 Å². The molecule has 0 saturated carbocycles. The van der Waals surface area contributed by atoms with Gasteiger partial charge in [0.1, 0.15) is 16.0 Å². The molecular weight excluding hydrogens is 365 g/mol. The number of Topliss-reactive ketones (excluding diaryl/α,β-unsaturated/α-hetero) is 2. The first-order valence-corrected chi connectivity index (χ1v) is 8.82. The first-order valence-electron chi connectivity index (χ1n) is 7.41. The first-order chi connectivity index (χ1) is 11.9. The maximum atomic E-state index is 12.6. The van der Waals surface area contributed by atoms with Gasteiger partial charge >= 0.3 is 29.6 Å². The summed E-state index contributed by atoms with van der Waals surface area (Å²) in [5.41, 5.74) is 0.745. The topological polar surface area (TPSA) is 104 Å². The van der Waals surface area contributed by atoms with Crippen molar-refractivity contribution in [3.63, 3.8) is 0 Å². The SMILES string of the molecule is O=C1c2ccccc2C(=O)C1c1ccc2cccc(S(=O)(=O)[O-])c2n1.[Na+]. The molecule has 4 rings (SSSR count). The van der Waals surface area contributed by atoms with Crippen LogP contribution < -0.4 is 29.6 Å². The van der Waals surface area contributed by atoms with Crippen LogP contribution >= 0.6 is 0 Å². The van der Waals surface area contributed by atoms with Crippen LogP contribution in [0.5, 0.6) is 0 Å². The van der Waals surface area contributed by atoms with Gasteiger partial charge < -0.3 is 4.55 Å². The second kappa shape index (κ2) is 6.68. The molecule has 26 heavy (non-hydrogen) atoms. The molecular formula is C18H10NNaO5S. The van der Waals surface area contributed by atoms with E-state index in [9.17, 15) is 22.6 Å². The number of pyridine rings is 1. The summed E-state index contributed by atoms with van der Waals surface area (Å²) in [7, 11) is -4.73. The Balaban J connectivity index is 0.00000196. The van der Waals surface area contributed by atoms with Crippen LogP contribution in [0.15, 0.2) is 59.5 Å². The van der Waals surface area contributed by atoms with E-state index in [-0.39, 0.29) is 52.3 Å². The standard InChI is InChI=1S/C18H11NO5S.Na/c20-17-11-5-1-2-6-12(11)18(21)15(17)13-9-8-10-4-3-7-14(16(10)19-13)25(22,23)24;/h1-9,15H,(H,22,23,24);/q;+1/p-1. The van der Waals surface area contributed by atoms with Gasteiger partial charge in [0.25, 0.3) is 0 Å². The molecule has 0 amide bonds. The maximum absolute atomic E-state index is 12.6. The van der Waals surface area contributed by atoms with Crippen LogP contribution in [0.3, 0.4) is 0 Å². The molecule has 0 radical (unpaired) electrons. The van der Waals surface area contributed by atoms with Crippen LogP contribution in [0.4, 0.5) is 0 Å². The zero-order valence-electron chi connectivity index (χ0n) is 13.7. The van der Waals surface area contributed by atoms with E-state index in [0.29, 0.717) is 16.5 Å². The molecule has 1 aliphatic rings. The Morgan fingerprint density at radius 3 is 2.04 bits per heavy atom. The Bertz CT molecular complexity index is 1140. The third-order valence-corrected chi connectivity index (χ3v) is 5.12. The van der Waals surface area contributed by atoms with Gasteiger partial charge in [-0.3, -0.25) is 14.6 Å². The zero-order valence-corrected chi connectivity index (χ0v) is 16.5. The minimum Gasteiger partial charge on any atom is -0.744 e. The normalized spacial score (nSPS) is 14.3. The van der Waals surface area contributed by atoms with E-state index in [4.69, 9.17) is 0 Å². The molecule has 0 unspecified atom stereocenters. The van der Waals surface area contributed by atoms with Crippen LogP contribution in [0.2, 0.25) is 0 Å². The fourth-order valence-electron chi connectivity index (χ4n) is 3.11. The van der Waals surface area contributed by atoms with Gasteiger partial charge in [-0.1, -0.05) is 42.5 Å². The molecule has 0 atom stereocenters. The van der Waals surface area contributed by atoms with Gasteiger partial charge in [-0.2, -0.15) is 0 Å². The van der Waals surface area contributed by atoms with Crippen LogP contribution in [-0.4, -0.2) is 29.5 Å². The molecule has 8 heteroatoms. The van der Waals surface area contributed by atoms with Gasteiger partial charge in [-0.25, -0.2) is 8.42 Å². The van der Waals surface area contributed by atoms with Crippen molar-refractivity contribution in [2.24, 2.45) is 0 Å². The van der Waals surface area contributed by atoms with E-state index in [2.05, 4.69) is 4.98 Å². The number of para-hydroxylation sites is 1. The third kappa shape index (κ3) is 2.91. The van der Waals surface area contributed by atoms with Crippen LogP contribution in [0.1, 0.15) is 32.3 Å². The number of nitrogens with zero attached hydrogens (tertiary/aromatic N) is 1. The van der Waals surface area contributed by atoms with Crippen molar-refractivity contribution in [3.05, 3.63) is 71.4 Å². The van der Waals surface area contributed by atoms with Crippen molar-refractivity contribution in [2.75, 3.05) is 0 Å². The molecule has 1 aliphatic carbocycles. The van der Waals surface area contributed by atoms with E-state index in [0.717, 1.165) is 6.07 Å². The van der Waals surface area contributed by atoms with Crippen LogP contribution in [0, 0.1) is 0 Å². The average molecular weight is 375 g/mol. The zero-order chi connectivity index (χ0) is 17.8. The number of rotatable bonds is 2. The largest absolute Gasteiger partial charge is 1.00 e. The minimum absolute atomic E-state index is 0. The van der Waals surface area contributed by atoms with Gasteiger partial charge in [0.2, 0.25) is 0 Å². The quantitative estimate of drug-likeness (QED) is 0.333. The number of aromatic nitrogens is 1. The molecule has 0 N–H and O–H groups in total. The maximum Gasteiger partial charge on any atom is 1.00 e. The molecule has 3 aromatic rings. The summed E-state index contributed by atoms with van der Waals surface area (Å²) in [6.07, 6.45) is 0. The molecule has 0 saturated heterocycles. The van der Waals surface area contributed by atoms with Gasteiger partial charge in [-0.15, -0.1) is 0 Å². The fourth-order valence-corrected chi connectivity index (χ4v) is 3.75. The summed E-state index contributed by atoms with van der Waals surface area (Å²) in [4.78, 5) is 28.9. The summed E-state index contributed by atoms with van der Waals surface area (Å²) in [6.45, 7) is 0. The molecule has 2 aromatic carbocycles. The monoisotopic (exact) mass is 375 g/mol. The molecule has 0 spiro atoms. The Hall–Kier alpha value is -1.90. The van der Waals surface area contributed by atoms with Crippen LogP contribution in [-0.2, 0) is 10.1 Å². The van der Waals surface area contributed by atoms with Crippen molar-refractivity contribution >= 4 is 32.6 Å². The van der Waals surface area contributed by atoms with Gasteiger partial charge in [0.05, 0.1) is 16.1 Å². The summed E-state index contributed by atoms with van der Waals surface area (Å²) in [5, 5.41) is 0.441. The molecule has 0 aliphatic heterocycles. The molecule has 124 valence electrons. The Morgan fingerprint density at radius 1 is 0.846 bits per heavy atom. The van der Waals surface area contributed by atoms with Crippen molar-refractivity contribution < 1.29 is 52.1 Å². The van der Waals surface area contributed by atoms with Crippen molar-refractivity contribution in [1.29, 1.82) is 0 Å². The summed E-state index contributed by atoms with van der Waals surface area (Å²) < 4.78 is 34.4. The van der Waals surface area contributed by atoms with E-state index in [1.54, 1.807) is 36.4 Å². The molecule has 1 heterocycles. The Labute approximate surface area is 171 Å². The predicted molar refractivity (Wildman–Crippen MR) is 87.6 cm³/mol. The summed E-state index contributed by atoms with van der Waals surface area (Å²) in [6, 6.07) is 13.8. The van der Waals surface area contributed by atoms with Crippen LogP contribution in [0.25, 0.3) is 10.9 Å². The molecule has 0 fully saturated rings. The van der Waals surface area contributed by atoms with Gasteiger partial charge in [0.15, 0.2) is 11.6 Å². The Morgan fingerprint density at radius 2 is 1.46 bits per heavy atom. The van der Waals surface area contributed by atoms with Crippen molar-refractivity contribution in [3.8, 4) is 0 Å². The summed E-state index contributed by atoms with van der Waals surface area (Å²) in [5.74, 6) is -1.88. The predicted octanol–water partition coefficient (Wildman–Crippen LogP) is -0.694. The number of fused-ring (bicyclic) bond motifs is 2. The second-order valence-electron chi connectivity index (χ2n) is 5.73. The molecule has 1 aromatic heterocycles. The van der Waals surface area contributed by atoms with Gasteiger partial charge in [-0.05, 0) is 12.1 Å². The third-order valence-electron chi connectivity index (χ3n) is 4.25. The second-order valence-corrected chi connectivity index (χ2v) is 7.07. The van der Waals surface area contributed by atoms with E-state index in [1.165, 1.54) is 12.1 Å². The van der Waals surface area contributed by atoms with E-state index >= 15 is 0 Å². The average Bonchev–Trinajstić information content (AvgIpc) is 2.84. The number of benzene rings is 2. The Kier molecular flexibility index (Phi) is 4.85. The number of carbonyl (C=O) groups is 2. The summed E-state index contributed by atoms with van der Waals surface area (Å²) >= 11 is 0. The van der Waals surface area contributed by atoms with Crippen molar-refractivity contribution in [2.45, 2.75) is 10.8 Å². The first kappa shape index (κ1) is 18.9.